The molecule has 0 bridgehead atoms. The Hall–Kier alpha value is -4.19. The second-order valence-corrected chi connectivity index (χ2v) is 8.42. The van der Waals surface area contributed by atoms with Gasteiger partial charge in [0, 0.05) is 30.7 Å². The van der Waals surface area contributed by atoms with Crippen molar-refractivity contribution in [2.24, 2.45) is 7.05 Å². The molecule has 5 rings (SSSR count). The number of para-hydroxylation sites is 1. The monoisotopic (exact) mass is 453 g/mol. The molecule has 34 heavy (non-hydrogen) atoms. The molecule has 2 heterocycles. The van der Waals surface area contributed by atoms with Gasteiger partial charge in [-0.3, -0.25) is 9.36 Å². The third-order valence-corrected chi connectivity index (χ3v) is 6.22. The normalized spacial score (nSPS) is 11.3. The van der Waals surface area contributed by atoms with E-state index in [9.17, 15) is 14.3 Å². The maximum absolute atomic E-state index is 14.2. The Labute approximate surface area is 196 Å². The number of hydrogen-bond donors (Lipinski definition) is 1. The maximum atomic E-state index is 14.2. The average Bonchev–Trinajstić information content (AvgIpc) is 3.21. The highest BCUT2D eigenvalue weighted by molar-refractivity contribution is 5.86. The predicted molar refractivity (Wildman–Crippen MR) is 132 cm³/mol. The fourth-order valence-corrected chi connectivity index (χ4v) is 4.42. The number of aryl methyl sites for hydroxylation is 3. The van der Waals surface area contributed by atoms with Gasteiger partial charge in [0.25, 0.3) is 5.56 Å². The molecule has 170 valence electrons. The minimum Gasteiger partial charge on any atom is -0.504 e. The van der Waals surface area contributed by atoms with Crippen LogP contribution in [0.4, 0.5) is 4.39 Å². The number of nitrogens with zero attached hydrogens (tertiary/aromatic N) is 3. The van der Waals surface area contributed by atoms with Gasteiger partial charge in [-0.25, -0.2) is 9.37 Å². The molecule has 2 aromatic heterocycles. The lowest BCUT2D eigenvalue weighted by Crippen LogP contribution is -2.27. The van der Waals surface area contributed by atoms with Crippen LogP contribution in [0.1, 0.15) is 11.3 Å². The Morgan fingerprint density at radius 3 is 2.59 bits per heavy atom. The molecule has 1 N–H and O–H groups in total. The molecule has 0 fully saturated rings. The van der Waals surface area contributed by atoms with Crippen molar-refractivity contribution in [1.82, 2.24) is 14.1 Å². The Morgan fingerprint density at radius 2 is 1.79 bits per heavy atom. The molecule has 0 radical (unpaired) electrons. The molecule has 0 saturated carbocycles. The second kappa shape index (κ2) is 8.63. The largest absolute Gasteiger partial charge is 0.504 e. The summed E-state index contributed by atoms with van der Waals surface area (Å²) < 4.78 is 17.7. The first-order valence-electron chi connectivity index (χ1n) is 11.1. The first-order valence-corrected chi connectivity index (χ1v) is 11.1. The van der Waals surface area contributed by atoms with Crippen LogP contribution in [0.15, 0.2) is 83.8 Å². The van der Waals surface area contributed by atoms with E-state index in [0.717, 1.165) is 22.0 Å². The molecule has 5 aromatic rings. The molecule has 0 aliphatic rings. The molecule has 5 nitrogen and oxygen atoms in total. The molecule has 3 aromatic carbocycles. The van der Waals surface area contributed by atoms with Gasteiger partial charge in [-0.2, -0.15) is 0 Å². The zero-order chi connectivity index (χ0) is 23.8. The number of rotatable bonds is 5. The topological polar surface area (TPSA) is 60.1 Å². The van der Waals surface area contributed by atoms with Crippen LogP contribution in [-0.2, 0) is 20.0 Å². The maximum Gasteiger partial charge on any atom is 0.261 e. The smallest absolute Gasteiger partial charge is 0.261 e. The average molecular weight is 454 g/mol. The third-order valence-electron chi connectivity index (χ3n) is 6.22. The van der Waals surface area contributed by atoms with Crippen molar-refractivity contribution in [3.63, 3.8) is 0 Å². The van der Waals surface area contributed by atoms with E-state index in [1.54, 1.807) is 17.6 Å². The molecular formula is C28H24FN3O2. The molecule has 0 saturated heterocycles. The lowest BCUT2D eigenvalue weighted by Gasteiger charge is -2.17. The van der Waals surface area contributed by atoms with E-state index in [1.165, 1.54) is 12.1 Å². The van der Waals surface area contributed by atoms with E-state index in [4.69, 9.17) is 4.98 Å². The zero-order valence-corrected chi connectivity index (χ0v) is 19.0. The van der Waals surface area contributed by atoms with Gasteiger partial charge in [0.1, 0.15) is 5.82 Å². The van der Waals surface area contributed by atoms with Gasteiger partial charge in [-0.05, 0) is 54.8 Å². The van der Waals surface area contributed by atoms with Gasteiger partial charge in [0.2, 0.25) is 0 Å². The van der Waals surface area contributed by atoms with Crippen LogP contribution in [0.25, 0.3) is 33.4 Å². The quantitative estimate of drug-likeness (QED) is 0.384. The molecule has 0 atom stereocenters. The summed E-state index contributed by atoms with van der Waals surface area (Å²) in [6.45, 7) is 2.11. The Morgan fingerprint density at radius 1 is 1.00 bits per heavy atom. The van der Waals surface area contributed by atoms with Crippen molar-refractivity contribution in [2.75, 3.05) is 0 Å². The van der Waals surface area contributed by atoms with Crippen LogP contribution in [-0.4, -0.2) is 19.2 Å². The highest BCUT2D eigenvalue weighted by Crippen LogP contribution is 2.32. The summed E-state index contributed by atoms with van der Waals surface area (Å²) in [6, 6.07) is 22.0. The van der Waals surface area contributed by atoms with Crippen molar-refractivity contribution >= 4 is 10.9 Å². The van der Waals surface area contributed by atoms with E-state index >= 15 is 0 Å². The standard InChI is InChI=1S/C28H24FN3O2/c1-18-25(21-11-12-24-20(17-21)14-15-31(24)2)28(34)32(16-13-19-7-4-3-5-8-19)27(30-18)22-9-6-10-23(29)26(22)33/h3-12,14-15,17,33H,13,16H2,1-2H3. The van der Waals surface area contributed by atoms with Gasteiger partial charge in [0.05, 0.1) is 16.8 Å². The van der Waals surface area contributed by atoms with Gasteiger partial charge in [-0.15, -0.1) is 0 Å². The van der Waals surface area contributed by atoms with Gasteiger partial charge in [0.15, 0.2) is 11.6 Å². The molecule has 0 spiro atoms. The number of fused-ring (bicyclic) bond motifs is 1. The highest BCUT2D eigenvalue weighted by Gasteiger charge is 2.20. The zero-order valence-electron chi connectivity index (χ0n) is 19.0. The number of phenolic OH excluding ortho intramolecular Hbond substituents is 1. The Kier molecular flexibility index (Phi) is 5.49. The fourth-order valence-electron chi connectivity index (χ4n) is 4.42. The molecule has 6 heteroatoms. The minimum absolute atomic E-state index is 0.193. The van der Waals surface area contributed by atoms with Crippen molar-refractivity contribution < 1.29 is 9.50 Å². The van der Waals surface area contributed by atoms with Crippen LogP contribution >= 0.6 is 0 Å². The number of phenols is 1. The number of aromatic hydroxyl groups is 1. The van der Waals surface area contributed by atoms with Crippen LogP contribution in [0, 0.1) is 12.7 Å². The summed E-state index contributed by atoms with van der Waals surface area (Å²) in [5.74, 6) is -1.02. The van der Waals surface area contributed by atoms with Gasteiger partial charge in [-0.1, -0.05) is 42.5 Å². The number of hydrogen-bond acceptors (Lipinski definition) is 3. The second-order valence-electron chi connectivity index (χ2n) is 8.42. The lowest BCUT2D eigenvalue weighted by molar-refractivity contribution is 0.433. The summed E-state index contributed by atoms with van der Waals surface area (Å²) in [7, 11) is 1.98. The molecule has 0 amide bonds. The van der Waals surface area contributed by atoms with Gasteiger partial charge >= 0.3 is 0 Å². The Balaban J connectivity index is 1.70. The third kappa shape index (κ3) is 3.77. The first-order chi connectivity index (χ1) is 16.4. The van der Waals surface area contributed by atoms with Crippen molar-refractivity contribution in [2.45, 2.75) is 19.9 Å². The summed E-state index contributed by atoms with van der Waals surface area (Å²) in [5.41, 5.74) is 3.90. The van der Waals surface area contributed by atoms with Crippen LogP contribution in [0.5, 0.6) is 5.75 Å². The van der Waals surface area contributed by atoms with Gasteiger partial charge < -0.3 is 9.67 Å². The lowest BCUT2D eigenvalue weighted by atomic mass is 10.0. The first kappa shape index (κ1) is 21.6. The molecular weight excluding hydrogens is 429 g/mol. The minimum atomic E-state index is -0.752. The Bertz CT molecular complexity index is 1570. The summed E-state index contributed by atoms with van der Waals surface area (Å²) in [4.78, 5) is 18.6. The molecule has 0 unspecified atom stereocenters. The van der Waals surface area contributed by atoms with Crippen molar-refractivity contribution in [3.8, 4) is 28.3 Å². The van der Waals surface area contributed by atoms with Crippen LogP contribution < -0.4 is 5.56 Å². The fraction of sp³-hybridized carbons (Fsp3) is 0.143. The van der Waals surface area contributed by atoms with Crippen LogP contribution in [0.3, 0.4) is 0 Å². The predicted octanol–water partition coefficient (Wildman–Crippen LogP) is 5.46. The number of aromatic nitrogens is 3. The SMILES string of the molecule is Cc1nc(-c2cccc(F)c2O)n(CCc2ccccc2)c(=O)c1-c1ccc2c(ccn2C)c1. The summed E-state index contributed by atoms with van der Waals surface area (Å²) >= 11 is 0. The number of halogens is 1. The molecule has 0 aliphatic heterocycles. The van der Waals surface area contributed by atoms with E-state index in [-0.39, 0.29) is 16.9 Å². The summed E-state index contributed by atoms with van der Waals surface area (Å²) in [6.07, 6.45) is 2.57. The van der Waals surface area contributed by atoms with E-state index in [1.807, 2.05) is 72.4 Å². The van der Waals surface area contributed by atoms with Crippen LogP contribution in [0.2, 0.25) is 0 Å². The highest BCUT2D eigenvalue weighted by atomic mass is 19.1. The van der Waals surface area contributed by atoms with Crippen molar-refractivity contribution in [1.29, 1.82) is 0 Å². The van der Waals surface area contributed by atoms with E-state index in [0.29, 0.717) is 24.2 Å². The number of benzene rings is 3. The van der Waals surface area contributed by atoms with Crippen molar-refractivity contribution in [3.05, 3.63) is 106 Å². The van der Waals surface area contributed by atoms with E-state index in [2.05, 4.69) is 0 Å². The molecule has 0 aliphatic carbocycles. The summed E-state index contributed by atoms with van der Waals surface area (Å²) in [5, 5.41) is 11.4. The van der Waals surface area contributed by atoms with E-state index < -0.39 is 11.6 Å².